The van der Waals surface area contributed by atoms with E-state index in [-0.39, 0.29) is 12.1 Å². The predicted octanol–water partition coefficient (Wildman–Crippen LogP) is 5.95. The van der Waals surface area contributed by atoms with Crippen molar-refractivity contribution >= 4 is 0 Å². The molecule has 4 rings (SSSR count). The average molecular weight is 429 g/mol. The Morgan fingerprint density at radius 3 is 1.84 bits per heavy atom. The van der Waals surface area contributed by atoms with Gasteiger partial charge in [0.05, 0.1) is 23.5 Å². The number of piperidine rings is 1. The normalized spacial score (nSPS) is 19.3. The van der Waals surface area contributed by atoms with E-state index >= 15 is 0 Å². The van der Waals surface area contributed by atoms with Crippen molar-refractivity contribution in [3.05, 3.63) is 93.1 Å². The van der Waals surface area contributed by atoms with Crippen molar-refractivity contribution in [2.75, 3.05) is 0 Å². The molecule has 1 aromatic carbocycles. The van der Waals surface area contributed by atoms with Crippen LogP contribution < -0.4 is 5.73 Å². The molecule has 0 aliphatic carbocycles. The summed E-state index contributed by atoms with van der Waals surface area (Å²) in [5.41, 5.74) is 17.1. The molecule has 1 aliphatic heterocycles. The highest BCUT2D eigenvalue weighted by Crippen LogP contribution is 2.43. The van der Waals surface area contributed by atoms with Crippen molar-refractivity contribution in [3.8, 4) is 0 Å². The van der Waals surface area contributed by atoms with Crippen LogP contribution in [0.3, 0.4) is 0 Å². The average Bonchev–Trinajstić information content (AvgIpc) is 2.76. The summed E-state index contributed by atoms with van der Waals surface area (Å²) in [5.74, 6) is 0. The molecule has 32 heavy (non-hydrogen) atoms. The van der Waals surface area contributed by atoms with E-state index < -0.39 is 0 Å². The minimum absolute atomic E-state index is 0.283. The molecule has 0 spiro atoms. The van der Waals surface area contributed by atoms with Gasteiger partial charge in [0.1, 0.15) is 0 Å². The molecule has 1 aliphatic rings. The third-order valence-corrected chi connectivity index (χ3v) is 6.89. The van der Waals surface area contributed by atoms with E-state index in [0.29, 0.717) is 6.54 Å². The number of nitrogens with two attached hydrogens (primary N) is 1. The monoisotopic (exact) mass is 428 g/mol. The Morgan fingerprint density at radius 1 is 0.812 bits per heavy atom. The summed E-state index contributed by atoms with van der Waals surface area (Å²) in [6.45, 7) is 12.3. The molecule has 1 fully saturated rings. The first-order valence-corrected chi connectivity index (χ1v) is 11.8. The molecule has 3 aromatic rings. The molecular formula is C28H36N4. The third-order valence-electron chi connectivity index (χ3n) is 6.89. The van der Waals surface area contributed by atoms with E-state index in [1.807, 2.05) is 12.4 Å². The molecule has 0 saturated carbocycles. The fourth-order valence-corrected chi connectivity index (χ4v) is 5.27. The maximum absolute atomic E-state index is 5.88. The maximum Gasteiger partial charge on any atom is 0.0605 e. The second-order valence-electron chi connectivity index (χ2n) is 9.53. The highest BCUT2D eigenvalue weighted by Gasteiger charge is 2.35. The Morgan fingerprint density at radius 2 is 1.38 bits per heavy atom. The van der Waals surface area contributed by atoms with Crippen molar-refractivity contribution in [2.45, 2.75) is 79.1 Å². The van der Waals surface area contributed by atoms with Gasteiger partial charge in [0.25, 0.3) is 0 Å². The molecular weight excluding hydrogens is 392 g/mol. The van der Waals surface area contributed by atoms with E-state index in [1.165, 1.54) is 56.8 Å². The molecule has 1 saturated heterocycles. The van der Waals surface area contributed by atoms with Crippen LogP contribution in [0.15, 0.2) is 42.7 Å². The van der Waals surface area contributed by atoms with E-state index in [2.05, 4.69) is 69.9 Å². The Kier molecular flexibility index (Phi) is 6.73. The SMILES string of the molecule is Cc1cnc(C2CCCC(c3ncc(C)cc3C)N2Cc2ccc(CN)cc2C)c(C)c1. The number of rotatable bonds is 5. The van der Waals surface area contributed by atoms with Gasteiger partial charge in [-0.25, -0.2) is 0 Å². The summed E-state index contributed by atoms with van der Waals surface area (Å²) >= 11 is 0. The Hall–Kier alpha value is -2.56. The van der Waals surface area contributed by atoms with Crippen LogP contribution in [-0.2, 0) is 13.1 Å². The van der Waals surface area contributed by atoms with Crippen LogP contribution in [0.5, 0.6) is 0 Å². The number of hydrogen-bond acceptors (Lipinski definition) is 4. The van der Waals surface area contributed by atoms with Gasteiger partial charge in [0, 0.05) is 25.5 Å². The van der Waals surface area contributed by atoms with E-state index in [4.69, 9.17) is 15.7 Å². The van der Waals surface area contributed by atoms with E-state index in [1.54, 1.807) is 0 Å². The molecule has 2 unspecified atom stereocenters. The lowest BCUT2D eigenvalue weighted by Gasteiger charge is -2.43. The van der Waals surface area contributed by atoms with Crippen molar-refractivity contribution in [3.63, 3.8) is 0 Å². The lowest BCUT2D eigenvalue weighted by atomic mass is 9.87. The number of likely N-dealkylation sites (tertiary alicyclic amines) is 1. The van der Waals surface area contributed by atoms with Gasteiger partial charge < -0.3 is 5.73 Å². The van der Waals surface area contributed by atoms with Crippen molar-refractivity contribution in [1.82, 2.24) is 14.9 Å². The quantitative estimate of drug-likeness (QED) is 0.546. The van der Waals surface area contributed by atoms with Crippen LogP contribution in [0.4, 0.5) is 0 Å². The molecule has 4 heteroatoms. The zero-order chi connectivity index (χ0) is 22.8. The largest absolute Gasteiger partial charge is 0.326 e. The van der Waals surface area contributed by atoms with Crippen LogP contribution in [0.1, 0.15) is 81.7 Å². The minimum atomic E-state index is 0.283. The predicted molar refractivity (Wildman–Crippen MR) is 131 cm³/mol. The van der Waals surface area contributed by atoms with Crippen molar-refractivity contribution in [2.24, 2.45) is 5.73 Å². The second-order valence-corrected chi connectivity index (χ2v) is 9.53. The maximum atomic E-state index is 5.88. The lowest BCUT2D eigenvalue weighted by molar-refractivity contribution is 0.0676. The molecule has 2 aromatic heterocycles. The zero-order valence-electron chi connectivity index (χ0n) is 20.2. The lowest BCUT2D eigenvalue weighted by Crippen LogP contribution is -2.37. The first kappa shape index (κ1) is 22.6. The number of aromatic nitrogens is 2. The first-order chi connectivity index (χ1) is 15.4. The first-order valence-electron chi connectivity index (χ1n) is 11.8. The number of nitrogens with zero attached hydrogens (tertiary/aromatic N) is 3. The summed E-state index contributed by atoms with van der Waals surface area (Å²) in [4.78, 5) is 12.5. The zero-order valence-corrected chi connectivity index (χ0v) is 20.2. The minimum Gasteiger partial charge on any atom is -0.326 e. The Bertz CT molecular complexity index is 1050. The van der Waals surface area contributed by atoms with Crippen molar-refractivity contribution < 1.29 is 0 Å². The molecule has 2 atom stereocenters. The number of hydrogen-bond donors (Lipinski definition) is 1. The van der Waals surface area contributed by atoms with E-state index in [0.717, 1.165) is 19.4 Å². The standard InChI is InChI=1S/C28H36N4/c1-18-11-21(4)27(30-15-18)25-7-6-8-26(28-22(5)12-19(2)16-31-28)32(25)17-24-10-9-23(14-29)13-20(24)3/h9-13,15-16,25-26H,6-8,14,17,29H2,1-5H3. The number of benzene rings is 1. The highest BCUT2D eigenvalue weighted by molar-refractivity contribution is 5.33. The summed E-state index contributed by atoms with van der Waals surface area (Å²) in [6.07, 6.45) is 7.46. The second kappa shape index (κ2) is 9.51. The highest BCUT2D eigenvalue weighted by atomic mass is 15.2. The molecule has 0 amide bonds. The summed E-state index contributed by atoms with van der Waals surface area (Å²) in [6, 6.07) is 11.7. The fourth-order valence-electron chi connectivity index (χ4n) is 5.27. The molecule has 4 nitrogen and oxygen atoms in total. The topological polar surface area (TPSA) is 55.0 Å². The van der Waals surface area contributed by atoms with Gasteiger partial charge in [-0.15, -0.1) is 0 Å². The summed E-state index contributed by atoms with van der Waals surface area (Å²) < 4.78 is 0. The Balaban J connectivity index is 1.78. The van der Waals surface area contributed by atoms with Gasteiger partial charge in [-0.1, -0.05) is 30.3 Å². The van der Waals surface area contributed by atoms with Crippen LogP contribution >= 0.6 is 0 Å². The smallest absolute Gasteiger partial charge is 0.0605 e. The van der Waals surface area contributed by atoms with Crippen LogP contribution in [-0.4, -0.2) is 14.9 Å². The fraction of sp³-hybridized carbons (Fsp3) is 0.429. The summed E-state index contributed by atoms with van der Waals surface area (Å²) in [5, 5.41) is 0. The summed E-state index contributed by atoms with van der Waals surface area (Å²) in [7, 11) is 0. The van der Waals surface area contributed by atoms with Crippen LogP contribution in [0.2, 0.25) is 0 Å². The Labute approximate surface area is 192 Å². The van der Waals surface area contributed by atoms with Gasteiger partial charge in [-0.3, -0.25) is 14.9 Å². The van der Waals surface area contributed by atoms with Gasteiger partial charge >= 0.3 is 0 Å². The number of aryl methyl sites for hydroxylation is 5. The van der Waals surface area contributed by atoms with Gasteiger partial charge in [0.15, 0.2) is 0 Å². The molecule has 0 radical (unpaired) electrons. The molecule has 2 N–H and O–H groups in total. The van der Waals surface area contributed by atoms with E-state index in [9.17, 15) is 0 Å². The third kappa shape index (κ3) is 4.62. The van der Waals surface area contributed by atoms with Gasteiger partial charge in [-0.05, 0) is 92.8 Å². The van der Waals surface area contributed by atoms with Gasteiger partial charge in [0.2, 0.25) is 0 Å². The molecule has 168 valence electrons. The van der Waals surface area contributed by atoms with Crippen molar-refractivity contribution in [1.29, 1.82) is 0 Å². The number of pyridine rings is 2. The van der Waals surface area contributed by atoms with Crippen LogP contribution in [0, 0.1) is 34.6 Å². The molecule has 0 bridgehead atoms. The van der Waals surface area contributed by atoms with Crippen LogP contribution in [0.25, 0.3) is 0 Å². The molecule has 3 heterocycles. The van der Waals surface area contributed by atoms with Gasteiger partial charge in [-0.2, -0.15) is 0 Å².